The van der Waals surface area contributed by atoms with Crippen LogP contribution in [0, 0.1) is 5.82 Å². The summed E-state index contributed by atoms with van der Waals surface area (Å²) >= 11 is 0. The number of hydrogen-bond acceptors (Lipinski definition) is 4. The molecule has 2 aromatic rings. The second-order valence-corrected chi connectivity index (χ2v) is 6.91. The van der Waals surface area contributed by atoms with Gasteiger partial charge in [0.1, 0.15) is 5.82 Å². The van der Waals surface area contributed by atoms with Gasteiger partial charge in [-0.2, -0.15) is 5.10 Å². The molecular weight excluding hydrogens is 281 g/mol. The first-order chi connectivity index (χ1) is 9.37. The van der Waals surface area contributed by atoms with Crippen LogP contribution in [0.2, 0.25) is 0 Å². The molecule has 2 rings (SSSR count). The molecule has 108 valence electrons. The van der Waals surface area contributed by atoms with Gasteiger partial charge in [-0.05, 0) is 32.0 Å². The van der Waals surface area contributed by atoms with E-state index < -0.39 is 21.4 Å². The predicted octanol–water partition coefficient (Wildman–Crippen LogP) is 2.11. The van der Waals surface area contributed by atoms with Crippen molar-refractivity contribution in [2.75, 3.05) is 0 Å². The third kappa shape index (κ3) is 3.63. The van der Waals surface area contributed by atoms with Crippen LogP contribution in [-0.2, 0) is 21.3 Å². The third-order valence-corrected chi connectivity index (χ3v) is 4.20. The van der Waals surface area contributed by atoms with E-state index in [-0.39, 0.29) is 17.5 Å². The summed E-state index contributed by atoms with van der Waals surface area (Å²) in [6.45, 7) is 3.91. The Balaban J connectivity index is 2.13. The number of halogens is 1. The van der Waals surface area contributed by atoms with E-state index in [2.05, 4.69) is 10.1 Å². The van der Waals surface area contributed by atoms with Gasteiger partial charge in [0.2, 0.25) is 0 Å². The van der Waals surface area contributed by atoms with Gasteiger partial charge in [-0.3, -0.25) is 9.67 Å². The Bertz CT molecular complexity index is 695. The van der Waals surface area contributed by atoms with Crippen LogP contribution in [0.4, 0.5) is 4.39 Å². The fourth-order valence-corrected chi connectivity index (χ4v) is 3.09. The fourth-order valence-electron chi connectivity index (χ4n) is 1.75. The molecule has 0 aliphatic rings. The minimum absolute atomic E-state index is 0.0595. The lowest BCUT2D eigenvalue weighted by atomic mass is 10.4. The van der Waals surface area contributed by atoms with Crippen molar-refractivity contribution >= 4 is 9.84 Å². The fraction of sp³-hybridized carbons (Fsp3) is 0.385. The molecule has 0 aliphatic carbocycles. The molecule has 5 nitrogen and oxygen atoms in total. The number of rotatable bonds is 5. The highest BCUT2D eigenvalue weighted by molar-refractivity contribution is 7.89. The SMILES string of the molecule is CC(C)n1ccc(CS(=O)(=O)Cc2ncccc2F)n1. The first-order valence-electron chi connectivity index (χ1n) is 6.21. The zero-order valence-corrected chi connectivity index (χ0v) is 12.1. The summed E-state index contributed by atoms with van der Waals surface area (Å²) in [7, 11) is -3.50. The lowest BCUT2D eigenvalue weighted by Gasteiger charge is -2.05. The number of aromatic nitrogens is 3. The Labute approximate surface area is 117 Å². The summed E-state index contributed by atoms with van der Waals surface area (Å²) in [6.07, 6.45) is 3.11. The van der Waals surface area contributed by atoms with Gasteiger partial charge in [0.25, 0.3) is 0 Å². The Morgan fingerprint density at radius 1 is 1.30 bits per heavy atom. The average molecular weight is 297 g/mol. The van der Waals surface area contributed by atoms with Crippen molar-refractivity contribution in [1.29, 1.82) is 0 Å². The van der Waals surface area contributed by atoms with Crippen LogP contribution in [0.25, 0.3) is 0 Å². The largest absolute Gasteiger partial charge is 0.270 e. The molecule has 0 radical (unpaired) electrons. The molecule has 0 spiro atoms. The molecule has 0 saturated heterocycles. The molecule has 0 bridgehead atoms. The molecule has 2 heterocycles. The van der Waals surface area contributed by atoms with E-state index in [0.717, 1.165) is 0 Å². The first kappa shape index (κ1) is 14.6. The van der Waals surface area contributed by atoms with Crippen molar-refractivity contribution < 1.29 is 12.8 Å². The van der Waals surface area contributed by atoms with Gasteiger partial charge in [-0.15, -0.1) is 0 Å². The lowest BCUT2D eigenvalue weighted by molar-refractivity contribution is 0.527. The molecule has 0 N–H and O–H groups in total. The van der Waals surface area contributed by atoms with Gasteiger partial charge in [-0.25, -0.2) is 12.8 Å². The average Bonchev–Trinajstić information content (AvgIpc) is 2.79. The molecule has 20 heavy (non-hydrogen) atoms. The molecule has 0 unspecified atom stereocenters. The molecule has 0 aromatic carbocycles. The summed E-state index contributed by atoms with van der Waals surface area (Å²) in [5.41, 5.74) is 0.394. The van der Waals surface area contributed by atoms with E-state index in [4.69, 9.17) is 0 Å². The molecule has 2 aromatic heterocycles. The molecule has 0 amide bonds. The van der Waals surface area contributed by atoms with Crippen LogP contribution < -0.4 is 0 Å². The molecule has 0 fully saturated rings. The van der Waals surface area contributed by atoms with E-state index in [1.165, 1.54) is 18.3 Å². The Kier molecular flexibility index (Phi) is 4.17. The monoisotopic (exact) mass is 297 g/mol. The summed E-state index contributed by atoms with van der Waals surface area (Å²) in [5, 5.41) is 4.18. The smallest absolute Gasteiger partial charge is 0.161 e. The van der Waals surface area contributed by atoms with E-state index in [1.807, 2.05) is 13.8 Å². The molecule has 0 atom stereocenters. The van der Waals surface area contributed by atoms with Crippen LogP contribution >= 0.6 is 0 Å². The predicted molar refractivity (Wildman–Crippen MR) is 73.1 cm³/mol. The minimum atomic E-state index is -3.50. The van der Waals surface area contributed by atoms with E-state index in [1.54, 1.807) is 16.9 Å². The normalized spacial score (nSPS) is 12.0. The van der Waals surface area contributed by atoms with Crippen LogP contribution in [0.3, 0.4) is 0 Å². The van der Waals surface area contributed by atoms with Gasteiger partial charge in [0, 0.05) is 18.4 Å². The summed E-state index contributed by atoms with van der Waals surface area (Å²) < 4.78 is 39.2. The third-order valence-electron chi connectivity index (χ3n) is 2.75. The summed E-state index contributed by atoms with van der Waals surface area (Å²) in [6, 6.07) is 4.45. The highest BCUT2D eigenvalue weighted by Gasteiger charge is 2.18. The van der Waals surface area contributed by atoms with Gasteiger partial charge in [0.05, 0.1) is 22.9 Å². The van der Waals surface area contributed by atoms with Crippen LogP contribution in [0.15, 0.2) is 30.6 Å². The highest BCUT2D eigenvalue weighted by Crippen LogP contribution is 2.13. The minimum Gasteiger partial charge on any atom is -0.270 e. The zero-order valence-electron chi connectivity index (χ0n) is 11.3. The lowest BCUT2D eigenvalue weighted by Crippen LogP contribution is -2.11. The van der Waals surface area contributed by atoms with Gasteiger partial charge in [-0.1, -0.05) is 0 Å². The van der Waals surface area contributed by atoms with Crippen molar-refractivity contribution in [3.63, 3.8) is 0 Å². The van der Waals surface area contributed by atoms with Gasteiger partial charge >= 0.3 is 0 Å². The topological polar surface area (TPSA) is 64.8 Å². The number of pyridine rings is 1. The summed E-state index contributed by atoms with van der Waals surface area (Å²) in [5.74, 6) is -1.25. The van der Waals surface area contributed by atoms with Crippen molar-refractivity contribution in [2.24, 2.45) is 0 Å². The standard InChI is InChI=1S/C13H16FN3O2S/c1-10(2)17-7-5-11(16-17)8-20(18,19)9-13-12(14)4-3-6-15-13/h3-7,10H,8-9H2,1-2H3. The quantitative estimate of drug-likeness (QED) is 0.848. The van der Waals surface area contributed by atoms with Crippen molar-refractivity contribution in [3.8, 4) is 0 Å². The van der Waals surface area contributed by atoms with E-state index >= 15 is 0 Å². The number of sulfone groups is 1. The Morgan fingerprint density at radius 2 is 2.05 bits per heavy atom. The van der Waals surface area contributed by atoms with Crippen molar-refractivity contribution in [1.82, 2.24) is 14.8 Å². The van der Waals surface area contributed by atoms with Crippen LogP contribution in [0.1, 0.15) is 31.3 Å². The highest BCUT2D eigenvalue weighted by atomic mass is 32.2. The Hall–Kier alpha value is -1.76. The van der Waals surface area contributed by atoms with Gasteiger partial charge in [0.15, 0.2) is 9.84 Å². The second kappa shape index (κ2) is 5.70. The molecule has 7 heteroatoms. The van der Waals surface area contributed by atoms with Crippen molar-refractivity contribution in [3.05, 3.63) is 47.8 Å². The maximum Gasteiger partial charge on any atom is 0.161 e. The maximum absolute atomic E-state index is 13.4. The number of hydrogen-bond donors (Lipinski definition) is 0. The van der Waals surface area contributed by atoms with E-state index in [0.29, 0.717) is 5.69 Å². The van der Waals surface area contributed by atoms with Gasteiger partial charge < -0.3 is 0 Å². The molecular formula is C13H16FN3O2S. The molecule has 0 aliphatic heterocycles. The maximum atomic E-state index is 13.4. The number of nitrogens with zero attached hydrogens (tertiary/aromatic N) is 3. The summed E-state index contributed by atoms with van der Waals surface area (Å²) in [4.78, 5) is 3.76. The van der Waals surface area contributed by atoms with E-state index in [9.17, 15) is 12.8 Å². The van der Waals surface area contributed by atoms with Crippen LogP contribution in [-0.4, -0.2) is 23.2 Å². The Morgan fingerprint density at radius 3 is 2.65 bits per heavy atom. The molecule has 0 saturated carbocycles. The van der Waals surface area contributed by atoms with Crippen molar-refractivity contribution in [2.45, 2.75) is 31.4 Å². The first-order valence-corrected chi connectivity index (χ1v) is 8.03. The second-order valence-electron chi connectivity index (χ2n) is 4.84. The van der Waals surface area contributed by atoms with Crippen LogP contribution in [0.5, 0.6) is 0 Å². The zero-order chi connectivity index (χ0) is 14.8.